The number of hydrogen-bond donors (Lipinski definition) is 0. The number of ether oxygens (including phenoxy) is 2. The smallest absolute Gasteiger partial charge is 0.169 e. The van der Waals surface area contributed by atoms with Crippen LogP contribution < -0.4 is 9.47 Å². The number of hydrogen-bond acceptors (Lipinski definition) is 5. The Kier molecular flexibility index (Phi) is 3.94. The maximum atomic E-state index is 12.1. The molecule has 1 aromatic heterocycles. The summed E-state index contributed by atoms with van der Waals surface area (Å²) in [5, 5.41) is 2.66. The highest BCUT2D eigenvalue weighted by atomic mass is 32.1. The predicted octanol–water partition coefficient (Wildman–Crippen LogP) is 2.59. The fourth-order valence-electron chi connectivity index (χ4n) is 1.55. The second-order valence-corrected chi connectivity index (χ2v) is 4.61. The highest BCUT2D eigenvalue weighted by Crippen LogP contribution is 2.23. The Morgan fingerprint density at radius 3 is 2.39 bits per heavy atom. The maximum absolute atomic E-state index is 12.1. The maximum Gasteiger partial charge on any atom is 0.169 e. The van der Waals surface area contributed by atoms with Crippen LogP contribution in [0.3, 0.4) is 0 Å². The predicted molar refractivity (Wildman–Crippen MR) is 69.7 cm³/mol. The van der Waals surface area contributed by atoms with Gasteiger partial charge < -0.3 is 9.47 Å². The number of Topliss-reactive ketones (excluding diaryl/α,β-unsaturated/α-hetero) is 1. The SMILES string of the molecule is COc1cc(OC)cc(C(=O)Cc2nccs2)c1. The van der Waals surface area contributed by atoms with Crippen molar-refractivity contribution in [2.75, 3.05) is 14.2 Å². The fraction of sp³-hybridized carbons (Fsp3) is 0.231. The van der Waals surface area contributed by atoms with Crippen LogP contribution >= 0.6 is 11.3 Å². The molecule has 18 heavy (non-hydrogen) atoms. The van der Waals surface area contributed by atoms with E-state index in [1.165, 1.54) is 11.3 Å². The quantitative estimate of drug-likeness (QED) is 0.778. The molecular formula is C13H13NO3S. The average Bonchev–Trinajstić information content (AvgIpc) is 2.90. The molecule has 2 aromatic rings. The van der Waals surface area contributed by atoms with Gasteiger partial charge in [0, 0.05) is 23.2 Å². The van der Waals surface area contributed by atoms with E-state index in [1.807, 2.05) is 5.38 Å². The zero-order chi connectivity index (χ0) is 13.0. The number of nitrogens with zero attached hydrogens (tertiary/aromatic N) is 1. The minimum atomic E-state index is 0.00199. The van der Waals surface area contributed by atoms with Gasteiger partial charge in [-0.1, -0.05) is 0 Å². The van der Waals surface area contributed by atoms with Crippen LogP contribution in [0.4, 0.5) is 0 Å². The lowest BCUT2D eigenvalue weighted by molar-refractivity contribution is 0.0992. The first kappa shape index (κ1) is 12.6. The molecule has 0 unspecified atom stereocenters. The molecule has 0 aliphatic heterocycles. The van der Waals surface area contributed by atoms with Crippen molar-refractivity contribution in [3.8, 4) is 11.5 Å². The van der Waals surface area contributed by atoms with Gasteiger partial charge >= 0.3 is 0 Å². The zero-order valence-corrected chi connectivity index (χ0v) is 11.0. The van der Waals surface area contributed by atoms with Gasteiger partial charge in [-0.3, -0.25) is 4.79 Å². The Labute approximate surface area is 109 Å². The molecule has 5 heteroatoms. The summed E-state index contributed by atoms with van der Waals surface area (Å²) in [5.74, 6) is 1.22. The molecule has 0 saturated carbocycles. The molecule has 0 aliphatic carbocycles. The molecule has 0 fully saturated rings. The Bertz CT molecular complexity index is 515. The number of carbonyl (C=O) groups excluding carboxylic acids is 1. The van der Waals surface area contributed by atoms with Crippen molar-refractivity contribution in [3.05, 3.63) is 40.3 Å². The van der Waals surface area contributed by atoms with Gasteiger partial charge in [-0.2, -0.15) is 0 Å². The number of carbonyl (C=O) groups is 1. The number of aromatic nitrogens is 1. The lowest BCUT2D eigenvalue weighted by Crippen LogP contribution is -2.04. The second-order valence-electron chi connectivity index (χ2n) is 3.63. The summed E-state index contributed by atoms with van der Waals surface area (Å²) in [4.78, 5) is 16.2. The van der Waals surface area contributed by atoms with Crippen LogP contribution in [-0.4, -0.2) is 25.0 Å². The van der Waals surface area contributed by atoms with Crippen molar-refractivity contribution in [2.45, 2.75) is 6.42 Å². The Morgan fingerprint density at radius 2 is 1.89 bits per heavy atom. The highest BCUT2D eigenvalue weighted by Gasteiger charge is 2.11. The third-order valence-corrected chi connectivity index (χ3v) is 3.25. The molecule has 0 bridgehead atoms. The summed E-state index contributed by atoms with van der Waals surface area (Å²) in [6.45, 7) is 0. The van der Waals surface area contributed by atoms with E-state index in [1.54, 1.807) is 38.6 Å². The monoisotopic (exact) mass is 263 g/mol. The molecule has 0 radical (unpaired) electrons. The van der Waals surface area contributed by atoms with Crippen LogP contribution in [0.1, 0.15) is 15.4 Å². The van der Waals surface area contributed by atoms with E-state index in [0.29, 0.717) is 23.5 Å². The van der Waals surface area contributed by atoms with Crippen molar-refractivity contribution >= 4 is 17.1 Å². The molecule has 0 N–H and O–H groups in total. The van der Waals surface area contributed by atoms with Gasteiger partial charge in [0.05, 0.1) is 20.6 Å². The van der Waals surface area contributed by atoms with Gasteiger partial charge in [-0.25, -0.2) is 4.98 Å². The molecule has 94 valence electrons. The molecule has 0 aliphatic rings. The van der Waals surface area contributed by atoms with E-state index in [0.717, 1.165) is 5.01 Å². The lowest BCUT2D eigenvalue weighted by Gasteiger charge is -2.07. The third kappa shape index (κ3) is 2.87. The molecule has 0 spiro atoms. The summed E-state index contributed by atoms with van der Waals surface area (Å²) in [7, 11) is 3.12. The molecule has 1 heterocycles. The van der Waals surface area contributed by atoms with Crippen LogP contribution in [0.15, 0.2) is 29.8 Å². The minimum Gasteiger partial charge on any atom is -0.497 e. The summed E-state index contributed by atoms with van der Waals surface area (Å²) in [6.07, 6.45) is 1.99. The average molecular weight is 263 g/mol. The molecule has 0 amide bonds. The normalized spacial score (nSPS) is 10.1. The first-order chi connectivity index (χ1) is 8.72. The number of benzene rings is 1. The van der Waals surface area contributed by atoms with E-state index in [-0.39, 0.29) is 5.78 Å². The van der Waals surface area contributed by atoms with Gasteiger partial charge in [-0.05, 0) is 12.1 Å². The van der Waals surface area contributed by atoms with Gasteiger partial charge in [0.1, 0.15) is 16.5 Å². The molecule has 2 rings (SSSR count). The van der Waals surface area contributed by atoms with Crippen molar-refractivity contribution < 1.29 is 14.3 Å². The summed E-state index contributed by atoms with van der Waals surface area (Å²) in [6, 6.07) is 5.15. The number of ketones is 1. The number of rotatable bonds is 5. The third-order valence-electron chi connectivity index (χ3n) is 2.47. The van der Waals surface area contributed by atoms with Gasteiger partial charge in [0.25, 0.3) is 0 Å². The first-order valence-corrected chi connectivity index (χ1v) is 6.25. The number of methoxy groups -OCH3 is 2. The van der Waals surface area contributed by atoms with Gasteiger partial charge in [-0.15, -0.1) is 11.3 Å². The van der Waals surface area contributed by atoms with E-state index < -0.39 is 0 Å². The minimum absolute atomic E-state index is 0.00199. The topological polar surface area (TPSA) is 48.4 Å². The Hall–Kier alpha value is -1.88. The second kappa shape index (κ2) is 5.64. The van der Waals surface area contributed by atoms with E-state index in [4.69, 9.17) is 9.47 Å². The zero-order valence-electron chi connectivity index (χ0n) is 10.2. The van der Waals surface area contributed by atoms with Crippen molar-refractivity contribution in [3.63, 3.8) is 0 Å². The Balaban J connectivity index is 2.23. The van der Waals surface area contributed by atoms with Crippen molar-refractivity contribution in [2.24, 2.45) is 0 Å². The van der Waals surface area contributed by atoms with Crippen LogP contribution in [-0.2, 0) is 6.42 Å². The standard InChI is InChI=1S/C13H13NO3S/c1-16-10-5-9(6-11(7-10)17-2)12(15)8-13-14-3-4-18-13/h3-7H,8H2,1-2H3. The van der Waals surface area contributed by atoms with E-state index in [9.17, 15) is 4.79 Å². The van der Waals surface area contributed by atoms with Gasteiger partial charge in [0.15, 0.2) is 5.78 Å². The Morgan fingerprint density at radius 1 is 1.22 bits per heavy atom. The van der Waals surface area contributed by atoms with E-state index in [2.05, 4.69) is 4.98 Å². The molecule has 0 atom stereocenters. The summed E-state index contributed by atoms with van der Waals surface area (Å²) >= 11 is 1.47. The summed E-state index contributed by atoms with van der Waals surface area (Å²) in [5.41, 5.74) is 0.571. The molecule has 1 aromatic carbocycles. The fourth-order valence-corrected chi connectivity index (χ4v) is 2.16. The number of thiazole rings is 1. The highest BCUT2D eigenvalue weighted by molar-refractivity contribution is 7.09. The van der Waals surface area contributed by atoms with Crippen LogP contribution in [0.5, 0.6) is 11.5 Å². The molecular weight excluding hydrogens is 250 g/mol. The van der Waals surface area contributed by atoms with Gasteiger partial charge in [0.2, 0.25) is 0 Å². The van der Waals surface area contributed by atoms with Crippen LogP contribution in [0.25, 0.3) is 0 Å². The van der Waals surface area contributed by atoms with Crippen molar-refractivity contribution in [1.82, 2.24) is 4.98 Å². The molecule has 4 nitrogen and oxygen atoms in total. The van der Waals surface area contributed by atoms with Crippen LogP contribution in [0.2, 0.25) is 0 Å². The van der Waals surface area contributed by atoms with Crippen LogP contribution in [0, 0.1) is 0 Å². The molecule has 0 saturated heterocycles. The van der Waals surface area contributed by atoms with Crippen molar-refractivity contribution in [1.29, 1.82) is 0 Å². The summed E-state index contributed by atoms with van der Waals surface area (Å²) < 4.78 is 10.3. The van der Waals surface area contributed by atoms with E-state index >= 15 is 0 Å². The lowest BCUT2D eigenvalue weighted by atomic mass is 10.1. The largest absolute Gasteiger partial charge is 0.497 e. The first-order valence-electron chi connectivity index (χ1n) is 5.37.